The van der Waals surface area contributed by atoms with E-state index in [9.17, 15) is 4.79 Å². The van der Waals surface area contributed by atoms with Crippen LogP contribution in [0, 0.1) is 0 Å². The second kappa shape index (κ2) is 7.87. The third-order valence-electron chi connectivity index (χ3n) is 2.57. The predicted molar refractivity (Wildman–Crippen MR) is 67.0 cm³/mol. The van der Waals surface area contributed by atoms with Crippen molar-refractivity contribution in [3.63, 3.8) is 0 Å². The molecule has 4 nitrogen and oxygen atoms in total. The fourth-order valence-electron chi connectivity index (χ4n) is 1.99. The van der Waals surface area contributed by atoms with Crippen LogP contribution in [0.25, 0.3) is 0 Å². The largest absolute Gasteiger partial charge is 0.381 e. The molecule has 0 aromatic heterocycles. The van der Waals surface area contributed by atoms with Crippen LogP contribution in [0.1, 0.15) is 27.2 Å². The Hall–Kier alpha value is -0.320. The lowest BCUT2D eigenvalue weighted by Crippen LogP contribution is -2.55. The van der Waals surface area contributed by atoms with Gasteiger partial charge in [-0.25, -0.2) is 0 Å². The zero-order chi connectivity index (χ0) is 11.3. The number of carbonyl (C=O) groups is 1. The van der Waals surface area contributed by atoms with Gasteiger partial charge in [0.05, 0.1) is 13.0 Å². The minimum atomic E-state index is 0. The molecule has 1 aliphatic rings. The predicted octanol–water partition coefficient (Wildman–Crippen LogP) is 1.04. The second-order valence-electron chi connectivity index (χ2n) is 4.21. The Kier molecular flexibility index (Phi) is 7.72. The van der Waals surface area contributed by atoms with Gasteiger partial charge in [-0.2, -0.15) is 0 Å². The quantitative estimate of drug-likeness (QED) is 0.759. The molecule has 2 atom stereocenters. The number of amides is 1. The monoisotopic (exact) mass is 250 g/mol. The first-order chi connectivity index (χ1) is 7.13. The van der Waals surface area contributed by atoms with Crippen LogP contribution in [0.3, 0.4) is 0 Å². The summed E-state index contributed by atoms with van der Waals surface area (Å²) in [5.74, 6) is 0.212. The van der Waals surface area contributed by atoms with E-state index in [1.165, 1.54) is 0 Å². The summed E-state index contributed by atoms with van der Waals surface area (Å²) in [6.07, 6.45) is 0.507. The van der Waals surface area contributed by atoms with Gasteiger partial charge in [-0.05, 0) is 20.8 Å². The third-order valence-corrected chi connectivity index (χ3v) is 2.57. The van der Waals surface area contributed by atoms with Gasteiger partial charge in [0, 0.05) is 31.8 Å². The zero-order valence-electron chi connectivity index (χ0n) is 10.4. The van der Waals surface area contributed by atoms with Crippen molar-refractivity contribution >= 4 is 18.3 Å². The SMILES string of the molecule is CCOCCC(=O)N1CC(C)NC(C)C1.Cl. The number of carbonyl (C=O) groups excluding carboxylic acids is 1. The van der Waals surface area contributed by atoms with Gasteiger partial charge in [-0.15, -0.1) is 12.4 Å². The van der Waals surface area contributed by atoms with Crippen molar-refractivity contribution in [2.45, 2.75) is 39.3 Å². The maximum atomic E-state index is 11.8. The molecular weight excluding hydrogens is 228 g/mol. The molecule has 16 heavy (non-hydrogen) atoms. The molecule has 0 radical (unpaired) electrons. The van der Waals surface area contributed by atoms with Gasteiger partial charge in [-0.1, -0.05) is 0 Å². The van der Waals surface area contributed by atoms with Crippen LogP contribution in [-0.4, -0.2) is 49.2 Å². The second-order valence-corrected chi connectivity index (χ2v) is 4.21. The molecule has 1 fully saturated rings. The van der Waals surface area contributed by atoms with E-state index in [1.807, 2.05) is 11.8 Å². The van der Waals surface area contributed by atoms with Crippen LogP contribution in [0.2, 0.25) is 0 Å². The molecule has 0 aromatic rings. The van der Waals surface area contributed by atoms with Crippen LogP contribution in [0.5, 0.6) is 0 Å². The minimum absolute atomic E-state index is 0. The van der Waals surface area contributed by atoms with Gasteiger partial charge >= 0.3 is 0 Å². The third kappa shape index (κ3) is 5.14. The van der Waals surface area contributed by atoms with E-state index in [1.54, 1.807) is 0 Å². The number of halogens is 1. The normalized spacial score (nSPS) is 25.1. The zero-order valence-corrected chi connectivity index (χ0v) is 11.2. The summed E-state index contributed by atoms with van der Waals surface area (Å²) in [7, 11) is 0. The lowest BCUT2D eigenvalue weighted by Gasteiger charge is -2.36. The molecule has 0 aromatic carbocycles. The van der Waals surface area contributed by atoms with E-state index < -0.39 is 0 Å². The molecule has 1 rings (SSSR count). The highest BCUT2D eigenvalue weighted by molar-refractivity contribution is 5.85. The molecule has 5 heteroatoms. The van der Waals surface area contributed by atoms with Gasteiger partial charge in [-0.3, -0.25) is 4.79 Å². The average Bonchev–Trinajstić information content (AvgIpc) is 2.16. The summed E-state index contributed by atoms with van der Waals surface area (Å²) < 4.78 is 5.19. The molecule has 0 saturated carbocycles. The molecule has 1 aliphatic heterocycles. The Morgan fingerprint density at radius 3 is 2.44 bits per heavy atom. The number of rotatable bonds is 4. The summed E-state index contributed by atoms with van der Waals surface area (Å²) in [5.41, 5.74) is 0. The van der Waals surface area contributed by atoms with E-state index in [4.69, 9.17) is 4.74 Å². The molecular formula is C11H23ClN2O2. The molecule has 96 valence electrons. The van der Waals surface area contributed by atoms with E-state index in [2.05, 4.69) is 19.2 Å². The van der Waals surface area contributed by atoms with Crippen molar-refractivity contribution in [2.24, 2.45) is 0 Å². The standard InChI is InChI=1S/C11H22N2O2.ClH/c1-4-15-6-5-11(14)13-7-9(2)12-10(3)8-13;/h9-10,12H,4-8H2,1-3H3;1H. The molecule has 1 N–H and O–H groups in total. The van der Waals surface area contributed by atoms with Crippen LogP contribution < -0.4 is 5.32 Å². The van der Waals surface area contributed by atoms with Gasteiger partial charge < -0.3 is 15.0 Å². The Balaban J connectivity index is 0.00000225. The smallest absolute Gasteiger partial charge is 0.224 e. The van der Waals surface area contributed by atoms with Gasteiger partial charge in [0.2, 0.25) is 5.91 Å². The molecule has 1 saturated heterocycles. The lowest BCUT2D eigenvalue weighted by atomic mass is 10.1. The Labute approximate surface area is 104 Å². The van der Waals surface area contributed by atoms with Crippen molar-refractivity contribution < 1.29 is 9.53 Å². The van der Waals surface area contributed by atoms with Crippen molar-refractivity contribution in [3.8, 4) is 0 Å². The summed E-state index contributed by atoms with van der Waals surface area (Å²) in [6.45, 7) is 9.02. The molecule has 1 heterocycles. The Morgan fingerprint density at radius 1 is 1.38 bits per heavy atom. The maximum absolute atomic E-state index is 11.8. The number of nitrogens with one attached hydrogen (secondary N) is 1. The van der Waals surface area contributed by atoms with Crippen molar-refractivity contribution in [1.29, 1.82) is 0 Å². The molecule has 0 bridgehead atoms. The van der Waals surface area contributed by atoms with Crippen molar-refractivity contribution in [1.82, 2.24) is 10.2 Å². The molecule has 0 spiro atoms. The highest BCUT2D eigenvalue weighted by Gasteiger charge is 2.24. The van der Waals surface area contributed by atoms with Crippen molar-refractivity contribution in [3.05, 3.63) is 0 Å². The van der Waals surface area contributed by atoms with E-state index in [0.29, 0.717) is 31.7 Å². The van der Waals surface area contributed by atoms with Crippen LogP contribution >= 0.6 is 12.4 Å². The van der Waals surface area contributed by atoms with Gasteiger partial charge in [0.15, 0.2) is 0 Å². The minimum Gasteiger partial charge on any atom is -0.381 e. The fourth-order valence-corrected chi connectivity index (χ4v) is 1.99. The summed E-state index contributed by atoms with van der Waals surface area (Å²) in [6, 6.07) is 0.787. The van der Waals surface area contributed by atoms with Gasteiger partial charge in [0.1, 0.15) is 0 Å². The van der Waals surface area contributed by atoms with Crippen LogP contribution in [0.15, 0.2) is 0 Å². The first-order valence-corrected chi connectivity index (χ1v) is 5.75. The van der Waals surface area contributed by atoms with Crippen LogP contribution in [0.4, 0.5) is 0 Å². The summed E-state index contributed by atoms with van der Waals surface area (Å²) in [5, 5.41) is 3.41. The molecule has 1 amide bonds. The fraction of sp³-hybridized carbons (Fsp3) is 0.909. The van der Waals surface area contributed by atoms with E-state index in [0.717, 1.165) is 13.1 Å². The number of hydrogen-bond acceptors (Lipinski definition) is 3. The van der Waals surface area contributed by atoms with Gasteiger partial charge in [0.25, 0.3) is 0 Å². The number of hydrogen-bond donors (Lipinski definition) is 1. The number of ether oxygens (including phenoxy) is 1. The maximum Gasteiger partial charge on any atom is 0.224 e. The highest BCUT2D eigenvalue weighted by Crippen LogP contribution is 2.05. The number of piperazine rings is 1. The molecule has 2 unspecified atom stereocenters. The number of nitrogens with zero attached hydrogens (tertiary/aromatic N) is 1. The highest BCUT2D eigenvalue weighted by atomic mass is 35.5. The first-order valence-electron chi connectivity index (χ1n) is 5.75. The Morgan fingerprint density at radius 2 is 1.94 bits per heavy atom. The first kappa shape index (κ1) is 15.7. The van der Waals surface area contributed by atoms with Crippen LogP contribution in [-0.2, 0) is 9.53 Å². The van der Waals surface area contributed by atoms with E-state index in [-0.39, 0.29) is 18.3 Å². The molecule has 0 aliphatic carbocycles. The van der Waals surface area contributed by atoms with Crippen molar-refractivity contribution in [2.75, 3.05) is 26.3 Å². The topological polar surface area (TPSA) is 41.6 Å². The lowest BCUT2D eigenvalue weighted by molar-refractivity contribution is -0.134. The summed E-state index contributed by atoms with van der Waals surface area (Å²) in [4.78, 5) is 13.7. The Bertz CT molecular complexity index is 204. The summed E-state index contributed by atoms with van der Waals surface area (Å²) >= 11 is 0. The van der Waals surface area contributed by atoms with E-state index >= 15 is 0 Å². The average molecular weight is 251 g/mol.